The van der Waals surface area contributed by atoms with Crippen molar-refractivity contribution in [3.8, 4) is 5.75 Å². The van der Waals surface area contributed by atoms with Gasteiger partial charge in [0.05, 0.1) is 11.3 Å². The normalized spacial score (nSPS) is 16.0. The van der Waals surface area contributed by atoms with Gasteiger partial charge in [-0.25, -0.2) is 4.99 Å². The zero-order valence-corrected chi connectivity index (χ0v) is 18.8. The molecule has 0 saturated heterocycles. The fraction of sp³-hybridized carbons (Fsp3) is 0.0800. The van der Waals surface area contributed by atoms with E-state index in [0.29, 0.717) is 33.1 Å². The number of halogens is 1. The maximum absolute atomic E-state index is 12.6. The van der Waals surface area contributed by atoms with Crippen molar-refractivity contribution in [2.75, 3.05) is 10.2 Å². The molecule has 1 unspecified atom stereocenters. The SMILES string of the molecule is CC1=C(C(N)=O)C(c2ccccc2Cl)N=C(Nc2nc3ccccc3o2)N1c1ccccc1O. The number of hydrogen-bond acceptors (Lipinski definition) is 7. The molecule has 170 valence electrons. The number of nitrogens with zero attached hydrogens (tertiary/aromatic N) is 3. The van der Waals surface area contributed by atoms with Crippen LogP contribution in [0.1, 0.15) is 18.5 Å². The van der Waals surface area contributed by atoms with Gasteiger partial charge < -0.3 is 15.3 Å². The average Bonchev–Trinajstić information content (AvgIpc) is 3.22. The number of guanidine groups is 1. The van der Waals surface area contributed by atoms with Gasteiger partial charge in [0.15, 0.2) is 5.58 Å². The van der Waals surface area contributed by atoms with Gasteiger partial charge in [-0.1, -0.05) is 54.1 Å². The second-order valence-electron chi connectivity index (χ2n) is 7.68. The van der Waals surface area contributed by atoms with Crippen LogP contribution in [0, 0.1) is 0 Å². The third kappa shape index (κ3) is 3.74. The smallest absolute Gasteiger partial charge is 0.302 e. The van der Waals surface area contributed by atoms with Crippen LogP contribution in [0.5, 0.6) is 5.75 Å². The molecule has 1 amide bonds. The van der Waals surface area contributed by atoms with E-state index in [4.69, 9.17) is 26.7 Å². The van der Waals surface area contributed by atoms with Gasteiger partial charge in [0.1, 0.15) is 17.3 Å². The Labute approximate surface area is 200 Å². The Morgan fingerprint density at radius 3 is 2.53 bits per heavy atom. The molecule has 9 heteroatoms. The van der Waals surface area contributed by atoms with Gasteiger partial charge in [0.2, 0.25) is 11.9 Å². The van der Waals surface area contributed by atoms with Crippen LogP contribution in [-0.2, 0) is 4.79 Å². The number of nitrogens with two attached hydrogens (primary N) is 1. The first kappa shape index (κ1) is 21.5. The number of hydrogen-bond donors (Lipinski definition) is 3. The molecule has 1 aliphatic heterocycles. The predicted molar refractivity (Wildman–Crippen MR) is 132 cm³/mol. The van der Waals surface area contributed by atoms with E-state index in [0.717, 1.165) is 0 Å². The van der Waals surface area contributed by atoms with Crippen LogP contribution < -0.4 is 16.0 Å². The summed E-state index contributed by atoms with van der Waals surface area (Å²) in [6.07, 6.45) is 0. The summed E-state index contributed by atoms with van der Waals surface area (Å²) in [7, 11) is 0. The average molecular weight is 474 g/mol. The van der Waals surface area contributed by atoms with Gasteiger partial charge >= 0.3 is 6.01 Å². The number of oxazole rings is 1. The molecule has 34 heavy (non-hydrogen) atoms. The lowest BCUT2D eigenvalue weighted by atomic mass is 9.95. The number of aliphatic imine (C=N–C) groups is 1. The molecule has 0 radical (unpaired) electrons. The highest BCUT2D eigenvalue weighted by atomic mass is 35.5. The first-order valence-electron chi connectivity index (χ1n) is 10.5. The minimum atomic E-state index is -0.778. The third-order valence-corrected chi connectivity index (χ3v) is 5.91. The number of aromatic hydroxyl groups is 1. The minimum absolute atomic E-state index is 0.00562. The summed E-state index contributed by atoms with van der Waals surface area (Å²) in [5.74, 6) is -0.373. The van der Waals surface area contributed by atoms with E-state index in [1.165, 1.54) is 0 Å². The Bertz CT molecular complexity index is 1440. The summed E-state index contributed by atoms with van der Waals surface area (Å²) in [5.41, 5.74) is 8.83. The molecule has 0 bridgehead atoms. The minimum Gasteiger partial charge on any atom is -0.506 e. The van der Waals surface area contributed by atoms with Gasteiger partial charge in [0, 0.05) is 16.3 Å². The summed E-state index contributed by atoms with van der Waals surface area (Å²) < 4.78 is 5.83. The maximum atomic E-state index is 12.6. The van der Waals surface area contributed by atoms with Gasteiger partial charge in [-0.2, -0.15) is 4.98 Å². The van der Waals surface area contributed by atoms with Crippen molar-refractivity contribution in [2.45, 2.75) is 13.0 Å². The topological polar surface area (TPSA) is 117 Å². The predicted octanol–water partition coefficient (Wildman–Crippen LogP) is 4.98. The quantitative estimate of drug-likeness (QED) is 0.385. The number of carbonyl (C=O) groups excluding carboxylic acids is 1. The van der Waals surface area contributed by atoms with E-state index in [9.17, 15) is 9.90 Å². The number of phenols is 1. The van der Waals surface area contributed by atoms with Crippen molar-refractivity contribution in [2.24, 2.45) is 10.7 Å². The molecule has 0 saturated carbocycles. The summed E-state index contributed by atoms with van der Waals surface area (Å²) in [6.45, 7) is 1.73. The van der Waals surface area contributed by atoms with Crippen LogP contribution in [0.25, 0.3) is 11.1 Å². The van der Waals surface area contributed by atoms with Crippen LogP contribution in [0.4, 0.5) is 11.7 Å². The van der Waals surface area contributed by atoms with E-state index in [1.54, 1.807) is 60.4 Å². The summed E-state index contributed by atoms with van der Waals surface area (Å²) in [5, 5.41) is 14.2. The number of para-hydroxylation sites is 4. The number of anilines is 2. The summed E-state index contributed by atoms with van der Waals surface area (Å²) in [6, 6.07) is 20.6. The van der Waals surface area contributed by atoms with E-state index in [-0.39, 0.29) is 23.3 Å². The Morgan fingerprint density at radius 1 is 1.09 bits per heavy atom. The number of carbonyl (C=O) groups is 1. The molecule has 1 atom stereocenters. The standard InChI is InChI=1S/C25H20ClN5O3/c1-14-21(23(27)33)22(15-8-2-3-9-16(15)26)29-24(31(14)18-11-5-6-12-19(18)32)30-25-28-17-10-4-7-13-20(17)34-25/h2-13,22,32H,1H3,(H2,27,33)(H,28,29,30). The molecule has 3 aromatic carbocycles. The van der Waals surface area contributed by atoms with E-state index >= 15 is 0 Å². The van der Waals surface area contributed by atoms with Crippen LogP contribution in [0.15, 0.2) is 93.5 Å². The van der Waals surface area contributed by atoms with Gasteiger partial charge in [0.25, 0.3) is 0 Å². The third-order valence-electron chi connectivity index (χ3n) is 5.56. The molecular weight excluding hydrogens is 454 g/mol. The van der Waals surface area contributed by atoms with Gasteiger partial charge in [-0.15, -0.1) is 0 Å². The van der Waals surface area contributed by atoms with Crippen molar-refractivity contribution >= 4 is 46.3 Å². The maximum Gasteiger partial charge on any atom is 0.302 e. The molecule has 4 N–H and O–H groups in total. The zero-order chi connectivity index (χ0) is 23.8. The van der Waals surface area contributed by atoms with Crippen LogP contribution in [-0.4, -0.2) is 22.0 Å². The van der Waals surface area contributed by atoms with E-state index in [2.05, 4.69) is 10.3 Å². The lowest BCUT2D eigenvalue weighted by molar-refractivity contribution is -0.114. The van der Waals surface area contributed by atoms with Crippen molar-refractivity contribution < 1.29 is 14.3 Å². The number of aromatic nitrogens is 1. The van der Waals surface area contributed by atoms with E-state index in [1.807, 2.05) is 24.3 Å². The number of phenolic OH excluding ortho intramolecular Hbond substituents is 1. The second kappa shape index (κ2) is 8.57. The van der Waals surface area contributed by atoms with Crippen molar-refractivity contribution in [1.29, 1.82) is 0 Å². The van der Waals surface area contributed by atoms with Crippen molar-refractivity contribution in [3.63, 3.8) is 0 Å². The molecule has 8 nitrogen and oxygen atoms in total. The highest BCUT2D eigenvalue weighted by molar-refractivity contribution is 6.31. The lowest BCUT2D eigenvalue weighted by Crippen LogP contribution is -2.41. The second-order valence-corrected chi connectivity index (χ2v) is 8.08. The molecular formula is C25H20ClN5O3. The highest BCUT2D eigenvalue weighted by Gasteiger charge is 2.35. The Kier molecular flexibility index (Phi) is 5.43. The van der Waals surface area contributed by atoms with Crippen molar-refractivity contribution in [3.05, 3.63) is 94.7 Å². The van der Waals surface area contributed by atoms with Crippen LogP contribution in [0.2, 0.25) is 5.02 Å². The van der Waals surface area contributed by atoms with Crippen LogP contribution >= 0.6 is 11.6 Å². The van der Waals surface area contributed by atoms with Gasteiger partial charge in [-0.3, -0.25) is 15.0 Å². The zero-order valence-electron chi connectivity index (χ0n) is 18.1. The van der Waals surface area contributed by atoms with Crippen molar-refractivity contribution in [1.82, 2.24) is 4.98 Å². The molecule has 4 aromatic rings. The molecule has 1 aromatic heterocycles. The number of amides is 1. The lowest BCUT2D eigenvalue weighted by Gasteiger charge is -2.35. The Morgan fingerprint density at radius 2 is 1.79 bits per heavy atom. The Hall–Kier alpha value is -4.30. The molecule has 2 heterocycles. The fourth-order valence-corrected chi connectivity index (χ4v) is 4.25. The highest BCUT2D eigenvalue weighted by Crippen LogP contribution is 2.40. The summed E-state index contributed by atoms with van der Waals surface area (Å²) >= 11 is 6.47. The fourth-order valence-electron chi connectivity index (χ4n) is 4.01. The molecule has 0 aliphatic carbocycles. The molecule has 0 spiro atoms. The number of rotatable bonds is 4. The number of nitrogens with one attached hydrogen (secondary N) is 1. The molecule has 0 fully saturated rings. The largest absolute Gasteiger partial charge is 0.506 e. The molecule has 5 rings (SSSR count). The van der Waals surface area contributed by atoms with Gasteiger partial charge in [-0.05, 0) is 37.3 Å². The Balaban J connectivity index is 1.70. The first-order valence-corrected chi connectivity index (χ1v) is 10.9. The monoisotopic (exact) mass is 473 g/mol. The molecule has 1 aliphatic rings. The van der Waals surface area contributed by atoms with E-state index < -0.39 is 11.9 Å². The number of fused-ring (bicyclic) bond motifs is 1. The summed E-state index contributed by atoms with van der Waals surface area (Å²) in [4.78, 5) is 23.5. The first-order chi connectivity index (χ1) is 16.4. The number of primary amides is 1. The number of benzene rings is 3. The van der Waals surface area contributed by atoms with Crippen LogP contribution in [0.3, 0.4) is 0 Å². The number of allylic oxidation sites excluding steroid dienone is 1.